The van der Waals surface area contributed by atoms with E-state index in [1.807, 2.05) is 30.4 Å². The minimum atomic E-state index is 0.885. The largest absolute Gasteiger partial charge is 0.319 e. The molecule has 0 spiro atoms. The van der Waals surface area contributed by atoms with Crippen LogP contribution >= 0.6 is 15.9 Å². The van der Waals surface area contributed by atoms with E-state index in [9.17, 15) is 0 Å². The van der Waals surface area contributed by atoms with Crippen LogP contribution in [0.4, 0.5) is 0 Å². The Bertz CT molecular complexity index is 417. The third-order valence-electron chi connectivity index (χ3n) is 1.56. The SMILES string of the molecule is BrC1=CC=c2ccccc2=[N+]1. The van der Waals surface area contributed by atoms with Crippen LogP contribution in [0.5, 0.6) is 0 Å². The molecule has 1 nitrogen and oxygen atoms in total. The maximum Gasteiger partial charge on any atom is 0.319 e. The summed E-state index contributed by atoms with van der Waals surface area (Å²) in [6.45, 7) is 0. The molecule has 0 N–H and O–H groups in total. The van der Waals surface area contributed by atoms with Gasteiger partial charge in [-0.05, 0) is 12.1 Å². The van der Waals surface area contributed by atoms with E-state index < -0.39 is 0 Å². The lowest BCUT2D eigenvalue weighted by molar-refractivity contribution is 1.16. The summed E-state index contributed by atoms with van der Waals surface area (Å²) in [7, 11) is 0. The number of fused-ring (bicyclic) bond motifs is 1. The van der Waals surface area contributed by atoms with Gasteiger partial charge in [-0.1, -0.05) is 12.1 Å². The van der Waals surface area contributed by atoms with Gasteiger partial charge in [-0.2, -0.15) is 0 Å². The standard InChI is InChI=1S/C9H6BrN/c10-9-6-5-7-3-1-2-4-8(7)11-9/h1-6H/q+1. The molecule has 0 aromatic heterocycles. The number of nitrogens with zero attached hydrogens (tertiary/aromatic N) is 1. The lowest BCUT2D eigenvalue weighted by Crippen LogP contribution is -2.30. The molecule has 0 bridgehead atoms. The number of hydrogen-bond acceptors (Lipinski definition) is 1. The average molecular weight is 208 g/mol. The van der Waals surface area contributed by atoms with Crippen molar-refractivity contribution < 1.29 is 0 Å². The van der Waals surface area contributed by atoms with Crippen molar-refractivity contribution in [3.05, 3.63) is 45.5 Å². The van der Waals surface area contributed by atoms with E-state index in [0.717, 1.165) is 9.96 Å². The van der Waals surface area contributed by atoms with Crippen LogP contribution in [-0.2, 0) is 0 Å². The van der Waals surface area contributed by atoms with Gasteiger partial charge in [0.2, 0.25) is 0 Å². The van der Waals surface area contributed by atoms with Crippen LogP contribution in [-0.4, -0.2) is 0 Å². The Morgan fingerprint density at radius 1 is 1.09 bits per heavy atom. The Hall–Kier alpha value is -0.890. The molecule has 0 fully saturated rings. The molecule has 0 saturated carbocycles. The minimum absolute atomic E-state index is 0.885. The third kappa shape index (κ3) is 1.26. The van der Waals surface area contributed by atoms with Gasteiger partial charge in [0.05, 0.1) is 10.2 Å². The zero-order chi connectivity index (χ0) is 7.68. The van der Waals surface area contributed by atoms with Crippen LogP contribution in [0.1, 0.15) is 0 Å². The molecule has 2 heteroatoms. The Morgan fingerprint density at radius 3 is 2.82 bits per heavy atom. The summed E-state index contributed by atoms with van der Waals surface area (Å²) >= 11 is 3.32. The first-order valence-electron chi connectivity index (χ1n) is 3.37. The van der Waals surface area contributed by atoms with Gasteiger partial charge < -0.3 is 0 Å². The predicted molar refractivity (Wildman–Crippen MR) is 48.4 cm³/mol. The van der Waals surface area contributed by atoms with E-state index in [0.29, 0.717) is 0 Å². The van der Waals surface area contributed by atoms with Crippen LogP contribution in [0.3, 0.4) is 0 Å². The molecule has 53 valence electrons. The van der Waals surface area contributed by atoms with Gasteiger partial charge in [-0.15, -0.1) is 0 Å². The zero-order valence-electron chi connectivity index (χ0n) is 5.79. The Labute approximate surface area is 72.9 Å². The smallest absolute Gasteiger partial charge is 0.0612 e. The highest BCUT2D eigenvalue weighted by atomic mass is 79.9. The van der Waals surface area contributed by atoms with Crippen molar-refractivity contribution in [3.8, 4) is 0 Å². The Balaban J connectivity index is 2.83. The monoisotopic (exact) mass is 207 g/mol. The molecule has 2 rings (SSSR count). The van der Waals surface area contributed by atoms with Crippen molar-refractivity contribution in [3.63, 3.8) is 0 Å². The highest BCUT2D eigenvalue weighted by Gasteiger charge is 2.06. The Morgan fingerprint density at radius 2 is 1.91 bits per heavy atom. The van der Waals surface area contributed by atoms with Crippen molar-refractivity contribution in [1.82, 2.24) is 4.99 Å². The van der Waals surface area contributed by atoms with E-state index in [1.54, 1.807) is 0 Å². The first kappa shape index (κ1) is 6.80. The maximum absolute atomic E-state index is 4.29. The molecule has 1 radical (unpaired) electrons. The first-order chi connectivity index (χ1) is 5.36. The van der Waals surface area contributed by atoms with Crippen LogP contribution < -0.4 is 15.6 Å². The average Bonchev–Trinajstić information content (AvgIpc) is 2.04. The summed E-state index contributed by atoms with van der Waals surface area (Å²) in [5.74, 6) is 0. The number of para-hydroxylation sites is 1. The van der Waals surface area contributed by atoms with Crippen LogP contribution in [0.25, 0.3) is 6.08 Å². The van der Waals surface area contributed by atoms with Crippen molar-refractivity contribution in [2.75, 3.05) is 0 Å². The van der Waals surface area contributed by atoms with Crippen molar-refractivity contribution in [2.45, 2.75) is 0 Å². The first-order valence-corrected chi connectivity index (χ1v) is 4.17. The molecule has 1 aliphatic rings. The van der Waals surface area contributed by atoms with Gasteiger partial charge in [0.15, 0.2) is 0 Å². The van der Waals surface area contributed by atoms with Gasteiger partial charge >= 0.3 is 4.61 Å². The quantitative estimate of drug-likeness (QED) is 0.556. The summed E-state index contributed by atoms with van der Waals surface area (Å²) < 4.78 is 0.885. The molecule has 0 aliphatic carbocycles. The molecule has 1 aromatic carbocycles. The van der Waals surface area contributed by atoms with Gasteiger partial charge in [0.25, 0.3) is 5.36 Å². The summed E-state index contributed by atoms with van der Waals surface area (Å²) in [5, 5.41) is 2.21. The van der Waals surface area contributed by atoms with Gasteiger partial charge in [-0.3, -0.25) is 0 Å². The summed E-state index contributed by atoms with van der Waals surface area (Å²) in [6.07, 6.45) is 3.99. The highest BCUT2D eigenvalue weighted by Crippen LogP contribution is 1.98. The molecule has 1 heterocycles. The second-order valence-electron chi connectivity index (χ2n) is 2.33. The number of hydrogen-bond donors (Lipinski definition) is 0. The number of rotatable bonds is 0. The second kappa shape index (κ2) is 2.62. The molecule has 1 aliphatic heterocycles. The van der Waals surface area contributed by atoms with E-state index in [1.165, 1.54) is 5.22 Å². The fourth-order valence-corrected chi connectivity index (χ4v) is 1.36. The molecule has 0 unspecified atom stereocenters. The van der Waals surface area contributed by atoms with E-state index in [-0.39, 0.29) is 0 Å². The zero-order valence-corrected chi connectivity index (χ0v) is 7.38. The topological polar surface area (TPSA) is 14.1 Å². The summed E-state index contributed by atoms with van der Waals surface area (Å²) in [4.78, 5) is 4.29. The highest BCUT2D eigenvalue weighted by molar-refractivity contribution is 9.11. The van der Waals surface area contributed by atoms with Crippen molar-refractivity contribution in [1.29, 1.82) is 0 Å². The molecular formula is C9H6BrN+. The number of benzene rings is 1. The maximum atomic E-state index is 4.29. The third-order valence-corrected chi connectivity index (χ3v) is 2.01. The summed E-state index contributed by atoms with van der Waals surface area (Å²) in [5.41, 5.74) is 0. The fraction of sp³-hybridized carbons (Fsp3) is 0. The number of halogens is 1. The van der Waals surface area contributed by atoms with Gasteiger partial charge in [0, 0.05) is 28.1 Å². The predicted octanol–water partition coefficient (Wildman–Crippen LogP) is 0.672. The van der Waals surface area contributed by atoms with E-state index in [2.05, 4.69) is 27.0 Å². The molecule has 0 atom stereocenters. The number of allylic oxidation sites excluding steroid dienone is 1. The van der Waals surface area contributed by atoms with Crippen molar-refractivity contribution >= 4 is 22.0 Å². The second-order valence-corrected chi connectivity index (χ2v) is 3.14. The molecule has 0 saturated heterocycles. The normalized spacial score (nSPS) is 14.1. The van der Waals surface area contributed by atoms with Crippen LogP contribution in [0.15, 0.2) is 34.9 Å². The van der Waals surface area contributed by atoms with E-state index in [4.69, 9.17) is 0 Å². The van der Waals surface area contributed by atoms with Gasteiger partial charge in [0.1, 0.15) is 0 Å². The molecule has 0 amide bonds. The summed E-state index contributed by atoms with van der Waals surface area (Å²) in [6, 6.07) is 8.05. The molecule has 1 aromatic rings. The minimum Gasteiger partial charge on any atom is -0.0612 e. The van der Waals surface area contributed by atoms with Crippen LogP contribution in [0.2, 0.25) is 0 Å². The van der Waals surface area contributed by atoms with Crippen LogP contribution in [0, 0.1) is 0 Å². The molecular weight excluding hydrogens is 202 g/mol. The van der Waals surface area contributed by atoms with Crippen molar-refractivity contribution in [2.24, 2.45) is 0 Å². The lowest BCUT2D eigenvalue weighted by atomic mass is 10.2. The van der Waals surface area contributed by atoms with E-state index >= 15 is 0 Å². The fourth-order valence-electron chi connectivity index (χ4n) is 1.04. The van der Waals surface area contributed by atoms with Gasteiger partial charge in [-0.25, -0.2) is 0 Å². The lowest BCUT2D eigenvalue weighted by Gasteiger charge is -1.83. The molecule has 11 heavy (non-hydrogen) atoms. The Kier molecular flexibility index (Phi) is 1.62.